The van der Waals surface area contributed by atoms with Gasteiger partial charge >= 0.3 is 5.97 Å². The summed E-state index contributed by atoms with van der Waals surface area (Å²) < 4.78 is 27.5. The van der Waals surface area contributed by atoms with E-state index in [1.807, 2.05) is 0 Å². The first kappa shape index (κ1) is 21.2. The number of amides is 1. The molecule has 2 N–H and O–H groups in total. The van der Waals surface area contributed by atoms with Gasteiger partial charge in [0.05, 0.1) is 0 Å². The van der Waals surface area contributed by atoms with Gasteiger partial charge in [-0.05, 0) is 35.4 Å². The Morgan fingerprint density at radius 1 is 1.14 bits per heavy atom. The topological polar surface area (TPSA) is 66.4 Å². The Hall–Kier alpha value is -2.48. The van der Waals surface area contributed by atoms with Crippen molar-refractivity contribution in [2.75, 3.05) is 5.32 Å². The molecule has 0 radical (unpaired) electrons. The molecule has 0 saturated heterocycles. The van der Waals surface area contributed by atoms with Crippen LogP contribution in [0.15, 0.2) is 47.8 Å². The number of anilines is 1. The van der Waals surface area contributed by atoms with Gasteiger partial charge in [-0.3, -0.25) is 4.79 Å². The maximum Gasteiger partial charge on any atom is 0.339 e. The van der Waals surface area contributed by atoms with Gasteiger partial charge in [-0.25, -0.2) is 13.6 Å². The number of rotatable bonds is 6. The summed E-state index contributed by atoms with van der Waals surface area (Å²) in [4.78, 5) is 24.0. The summed E-state index contributed by atoms with van der Waals surface area (Å²) in [5.74, 6) is -2.85. The molecule has 0 bridgehead atoms. The van der Waals surface area contributed by atoms with Crippen molar-refractivity contribution >= 4 is 51.4 Å². The molecule has 0 fully saturated rings. The van der Waals surface area contributed by atoms with Crippen molar-refractivity contribution in [1.82, 2.24) is 0 Å². The van der Waals surface area contributed by atoms with E-state index in [0.29, 0.717) is 16.1 Å². The van der Waals surface area contributed by atoms with E-state index >= 15 is 0 Å². The maximum absolute atomic E-state index is 14.4. The highest BCUT2D eigenvalue weighted by Crippen LogP contribution is 2.36. The number of alkyl halides is 1. The van der Waals surface area contributed by atoms with Gasteiger partial charge in [-0.15, -0.1) is 11.3 Å². The lowest BCUT2D eigenvalue weighted by molar-refractivity contribution is -0.120. The van der Waals surface area contributed by atoms with Gasteiger partial charge in [0.25, 0.3) is 5.91 Å². The number of benzene rings is 2. The van der Waals surface area contributed by atoms with Gasteiger partial charge in [-0.2, -0.15) is 0 Å². The Labute approximate surface area is 178 Å². The molecule has 3 rings (SSSR count). The van der Waals surface area contributed by atoms with Crippen molar-refractivity contribution in [3.8, 4) is 11.1 Å². The molecule has 0 aliphatic carbocycles. The summed E-state index contributed by atoms with van der Waals surface area (Å²) in [6, 6.07) is 9.97. The quantitative estimate of drug-likeness (QED) is 0.473. The monoisotopic (exact) mass is 455 g/mol. The van der Waals surface area contributed by atoms with Crippen molar-refractivity contribution in [3.05, 3.63) is 74.8 Å². The molecule has 1 atom stereocenters. The van der Waals surface area contributed by atoms with Crippen LogP contribution in [0.4, 0.5) is 13.8 Å². The van der Waals surface area contributed by atoms with Crippen LogP contribution in [0.5, 0.6) is 0 Å². The standard InChI is InChI=1S/C20H13Cl2F2NO3S/c21-12-4-1-10(2-5-12)14-9-29-19(17(14)20(27)28)25-18(26)16(24)7-11-3-6-13(23)8-15(11)22/h1-6,8-9,16H,7H2,(H,25,26)(H,27,28). The van der Waals surface area contributed by atoms with E-state index < -0.39 is 23.9 Å². The highest BCUT2D eigenvalue weighted by molar-refractivity contribution is 7.15. The highest BCUT2D eigenvalue weighted by atomic mass is 35.5. The summed E-state index contributed by atoms with van der Waals surface area (Å²) in [5.41, 5.74) is 1.10. The van der Waals surface area contributed by atoms with Crippen molar-refractivity contribution in [3.63, 3.8) is 0 Å². The van der Waals surface area contributed by atoms with Gasteiger partial charge < -0.3 is 10.4 Å². The largest absolute Gasteiger partial charge is 0.478 e. The molecule has 0 aliphatic heterocycles. The SMILES string of the molecule is O=C(O)c1c(-c2ccc(Cl)cc2)csc1NC(=O)C(F)Cc1ccc(F)cc1Cl. The fraction of sp³-hybridized carbons (Fsp3) is 0.100. The smallest absolute Gasteiger partial charge is 0.339 e. The number of carboxylic acids is 1. The molecule has 1 unspecified atom stereocenters. The van der Waals surface area contributed by atoms with Crippen LogP contribution in [-0.4, -0.2) is 23.2 Å². The lowest BCUT2D eigenvalue weighted by Gasteiger charge is -2.11. The first-order valence-electron chi connectivity index (χ1n) is 8.26. The predicted molar refractivity (Wildman–Crippen MR) is 110 cm³/mol. The minimum absolute atomic E-state index is 0.00724. The molecule has 0 saturated carbocycles. The molecule has 0 spiro atoms. The maximum atomic E-state index is 14.4. The summed E-state index contributed by atoms with van der Waals surface area (Å²) in [7, 11) is 0. The third-order valence-corrected chi connectivity index (χ3v) is 5.59. The van der Waals surface area contributed by atoms with E-state index in [1.54, 1.807) is 29.6 Å². The third kappa shape index (κ3) is 4.93. The van der Waals surface area contributed by atoms with Crippen molar-refractivity contribution < 1.29 is 23.5 Å². The summed E-state index contributed by atoms with van der Waals surface area (Å²) >= 11 is 12.7. The Morgan fingerprint density at radius 3 is 2.45 bits per heavy atom. The number of nitrogens with one attached hydrogen (secondary N) is 1. The molecule has 1 aromatic heterocycles. The van der Waals surface area contributed by atoms with Crippen LogP contribution in [0.1, 0.15) is 15.9 Å². The zero-order valence-electron chi connectivity index (χ0n) is 14.6. The summed E-state index contributed by atoms with van der Waals surface area (Å²) in [5, 5.41) is 14.0. The number of carboxylic acid groups (broad SMARTS) is 1. The minimum Gasteiger partial charge on any atom is -0.478 e. The Kier molecular flexibility index (Phi) is 6.52. The molecule has 9 heteroatoms. The second kappa shape index (κ2) is 8.90. The fourth-order valence-corrected chi connectivity index (χ4v) is 4.00. The second-order valence-electron chi connectivity index (χ2n) is 6.06. The normalized spacial score (nSPS) is 11.9. The number of aromatic carboxylic acids is 1. The number of carbonyl (C=O) groups is 2. The van der Waals surface area contributed by atoms with Crippen LogP contribution in [0.2, 0.25) is 10.0 Å². The number of thiophene rings is 1. The van der Waals surface area contributed by atoms with E-state index in [9.17, 15) is 23.5 Å². The second-order valence-corrected chi connectivity index (χ2v) is 7.79. The van der Waals surface area contributed by atoms with Crippen LogP contribution in [0.25, 0.3) is 11.1 Å². The molecule has 4 nitrogen and oxygen atoms in total. The first-order chi connectivity index (χ1) is 13.8. The minimum atomic E-state index is -2.00. The van der Waals surface area contributed by atoms with Crippen LogP contribution >= 0.6 is 34.5 Å². The van der Waals surface area contributed by atoms with Gasteiger partial charge in [0, 0.05) is 27.4 Å². The van der Waals surface area contributed by atoms with Crippen LogP contribution in [0.3, 0.4) is 0 Å². The van der Waals surface area contributed by atoms with Crippen LogP contribution < -0.4 is 5.32 Å². The Bertz CT molecular complexity index is 1070. The number of hydrogen-bond acceptors (Lipinski definition) is 3. The van der Waals surface area contributed by atoms with E-state index in [0.717, 1.165) is 23.5 Å². The Balaban J connectivity index is 1.81. The van der Waals surface area contributed by atoms with E-state index in [1.165, 1.54) is 6.07 Å². The zero-order chi connectivity index (χ0) is 21.1. The molecular weight excluding hydrogens is 443 g/mol. The highest BCUT2D eigenvalue weighted by Gasteiger charge is 2.25. The van der Waals surface area contributed by atoms with E-state index in [4.69, 9.17) is 23.2 Å². The molecule has 2 aromatic carbocycles. The number of hydrogen-bond donors (Lipinski definition) is 2. The van der Waals surface area contributed by atoms with Crippen molar-refractivity contribution in [2.45, 2.75) is 12.6 Å². The molecular formula is C20H13Cl2F2NO3S. The first-order valence-corrected chi connectivity index (χ1v) is 9.89. The summed E-state index contributed by atoms with van der Waals surface area (Å²) in [6.07, 6.45) is -2.37. The van der Waals surface area contributed by atoms with Gasteiger partial charge in [-0.1, -0.05) is 41.4 Å². The predicted octanol–water partition coefficient (Wildman–Crippen LogP) is 6.08. The van der Waals surface area contributed by atoms with E-state index in [-0.39, 0.29) is 27.6 Å². The number of halogens is 4. The molecule has 150 valence electrons. The molecule has 29 heavy (non-hydrogen) atoms. The van der Waals surface area contributed by atoms with Crippen molar-refractivity contribution in [2.24, 2.45) is 0 Å². The Morgan fingerprint density at radius 2 is 1.83 bits per heavy atom. The lowest BCUT2D eigenvalue weighted by Crippen LogP contribution is -2.26. The third-order valence-electron chi connectivity index (χ3n) is 4.10. The zero-order valence-corrected chi connectivity index (χ0v) is 16.9. The van der Waals surface area contributed by atoms with Crippen molar-refractivity contribution in [1.29, 1.82) is 0 Å². The fourth-order valence-electron chi connectivity index (χ4n) is 2.67. The average molecular weight is 456 g/mol. The number of carbonyl (C=O) groups excluding carboxylic acids is 1. The van der Waals surface area contributed by atoms with Gasteiger partial charge in [0.15, 0.2) is 6.17 Å². The molecule has 0 aliphatic rings. The molecule has 3 aromatic rings. The average Bonchev–Trinajstić information content (AvgIpc) is 3.08. The van der Waals surface area contributed by atoms with E-state index in [2.05, 4.69) is 5.32 Å². The van der Waals surface area contributed by atoms with Crippen LogP contribution in [-0.2, 0) is 11.2 Å². The molecule has 1 heterocycles. The van der Waals surface area contributed by atoms with Crippen LogP contribution in [0, 0.1) is 5.82 Å². The molecule has 1 amide bonds. The lowest BCUT2D eigenvalue weighted by atomic mass is 10.0. The summed E-state index contributed by atoms with van der Waals surface area (Å²) in [6.45, 7) is 0. The van der Waals surface area contributed by atoms with Gasteiger partial charge in [0.1, 0.15) is 16.4 Å². The van der Waals surface area contributed by atoms with Gasteiger partial charge in [0.2, 0.25) is 0 Å².